The number of alkyl halides is 1. The normalized spacial score (nSPS) is 12.9. The summed E-state index contributed by atoms with van der Waals surface area (Å²) in [6.07, 6.45) is 1.68. The minimum Gasteiger partial charge on any atom is -0.486 e. The maximum absolute atomic E-state index is 11.7. The van der Waals surface area contributed by atoms with Gasteiger partial charge in [0.2, 0.25) is 5.91 Å². The Balaban J connectivity index is 2.12. The number of amides is 1. The van der Waals surface area contributed by atoms with Gasteiger partial charge in [0.15, 0.2) is 11.5 Å². The lowest BCUT2D eigenvalue weighted by Gasteiger charge is -2.22. The van der Waals surface area contributed by atoms with E-state index in [1.54, 1.807) is 11.0 Å². The van der Waals surface area contributed by atoms with Gasteiger partial charge in [-0.15, -0.1) is 18.2 Å². The minimum atomic E-state index is -0.114. The second-order valence-corrected chi connectivity index (χ2v) is 4.44. The first-order valence-corrected chi connectivity index (χ1v) is 6.61. The van der Waals surface area contributed by atoms with Crippen LogP contribution in [0.2, 0.25) is 0 Å². The lowest BCUT2D eigenvalue weighted by molar-refractivity contribution is -0.128. The molecule has 102 valence electrons. The summed E-state index contributed by atoms with van der Waals surface area (Å²) in [4.78, 5) is 13.3. The number of fused-ring (bicyclic) bond motifs is 1. The zero-order valence-corrected chi connectivity index (χ0v) is 11.4. The molecule has 0 unspecified atom stereocenters. The molecule has 19 heavy (non-hydrogen) atoms. The fraction of sp³-hybridized carbons (Fsp3) is 0.357. The number of hydrogen-bond donors (Lipinski definition) is 0. The molecule has 5 heteroatoms. The fourth-order valence-corrected chi connectivity index (χ4v) is 2.07. The summed E-state index contributed by atoms with van der Waals surface area (Å²) in [5.74, 6) is 1.32. The summed E-state index contributed by atoms with van der Waals surface area (Å²) in [5, 5.41) is 0. The first-order valence-electron chi connectivity index (χ1n) is 6.07. The van der Waals surface area contributed by atoms with Crippen molar-refractivity contribution < 1.29 is 14.3 Å². The summed E-state index contributed by atoms with van der Waals surface area (Å²) < 4.78 is 11.0. The van der Waals surface area contributed by atoms with Crippen LogP contribution in [-0.2, 0) is 11.3 Å². The molecule has 1 aliphatic rings. The van der Waals surface area contributed by atoms with Crippen molar-refractivity contribution in [1.82, 2.24) is 4.90 Å². The molecule has 0 N–H and O–H groups in total. The Bertz CT molecular complexity index is 476. The highest BCUT2D eigenvalue weighted by Gasteiger charge is 2.15. The number of nitrogens with zero attached hydrogens (tertiary/aromatic N) is 1. The number of carbonyl (C=O) groups is 1. The number of rotatable bonds is 5. The van der Waals surface area contributed by atoms with E-state index in [9.17, 15) is 4.79 Å². The molecule has 1 heterocycles. The standard InChI is InChI=1S/C14H16ClNO3/c1-2-5-16(14(17)9-15)10-11-3-4-12-13(8-11)19-7-6-18-12/h2-4,8H,1,5-7,9-10H2. The van der Waals surface area contributed by atoms with Gasteiger partial charge in [-0.25, -0.2) is 0 Å². The van der Waals surface area contributed by atoms with Crippen molar-refractivity contribution in [3.63, 3.8) is 0 Å². The van der Waals surface area contributed by atoms with Crippen molar-refractivity contribution >= 4 is 17.5 Å². The van der Waals surface area contributed by atoms with Gasteiger partial charge in [0.05, 0.1) is 0 Å². The van der Waals surface area contributed by atoms with E-state index in [4.69, 9.17) is 21.1 Å². The zero-order valence-electron chi connectivity index (χ0n) is 10.6. The third-order valence-electron chi connectivity index (χ3n) is 2.80. The molecule has 0 saturated heterocycles. The van der Waals surface area contributed by atoms with Crippen molar-refractivity contribution in [2.45, 2.75) is 6.54 Å². The Hall–Kier alpha value is -1.68. The lowest BCUT2D eigenvalue weighted by Crippen LogP contribution is -2.31. The molecule has 1 aromatic rings. The van der Waals surface area contributed by atoms with Gasteiger partial charge in [-0.2, -0.15) is 0 Å². The van der Waals surface area contributed by atoms with Crippen LogP contribution < -0.4 is 9.47 Å². The molecular weight excluding hydrogens is 266 g/mol. The van der Waals surface area contributed by atoms with E-state index in [-0.39, 0.29) is 11.8 Å². The highest BCUT2D eigenvalue weighted by Crippen LogP contribution is 2.31. The minimum absolute atomic E-state index is 0.0294. The quantitative estimate of drug-likeness (QED) is 0.614. The summed E-state index contributed by atoms with van der Waals surface area (Å²) in [7, 11) is 0. The molecule has 1 aromatic carbocycles. The van der Waals surface area contributed by atoms with Crippen molar-refractivity contribution in [3.8, 4) is 11.5 Å². The summed E-state index contributed by atoms with van der Waals surface area (Å²) >= 11 is 5.59. The third-order valence-corrected chi connectivity index (χ3v) is 3.03. The number of benzene rings is 1. The van der Waals surface area contributed by atoms with Gasteiger partial charge in [-0.05, 0) is 17.7 Å². The molecule has 0 spiro atoms. The van der Waals surface area contributed by atoms with Crippen LogP contribution in [0.25, 0.3) is 0 Å². The van der Waals surface area contributed by atoms with Crippen LogP contribution in [0.5, 0.6) is 11.5 Å². The average Bonchev–Trinajstić information content (AvgIpc) is 2.46. The average molecular weight is 282 g/mol. The SMILES string of the molecule is C=CCN(Cc1ccc2c(c1)OCCO2)C(=O)CCl. The number of carbonyl (C=O) groups excluding carboxylic acids is 1. The molecule has 0 aromatic heterocycles. The van der Waals surface area contributed by atoms with Gasteiger partial charge < -0.3 is 14.4 Å². The topological polar surface area (TPSA) is 38.8 Å². The highest BCUT2D eigenvalue weighted by molar-refractivity contribution is 6.27. The van der Waals surface area contributed by atoms with Crippen LogP contribution in [0.1, 0.15) is 5.56 Å². The number of hydrogen-bond acceptors (Lipinski definition) is 3. The Labute approximate surface area is 117 Å². The molecule has 0 radical (unpaired) electrons. The molecule has 0 atom stereocenters. The summed E-state index contributed by atoms with van der Waals surface area (Å²) in [5.41, 5.74) is 0.976. The second-order valence-electron chi connectivity index (χ2n) is 4.17. The van der Waals surface area contributed by atoms with E-state index in [2.05, 4.69) is 6.58 Å². The predicted molar refractivity (Wildman–Crippen MR) is 73.8 cm³/mol. The molecule has 1 aliphatic heterocycles. The largest absolute Gasteiger partial charge is 0.486 e. The van der Waals surface area contributed by atoms with Crippen LogP contribution in [0.3, 0.4) is 0 Å². The monoisotopic (exact) mass is 281 g/mol. The summed E-state index contributed by atoms with van der Waals surface area (Å²) in [6.45, 7) is 5.72. The predicted octanol–water partition coefficient (Wildman–Crippen LogP) is 2.21. The van der Waals surface area contributed by atoms with E-state index in [1.807, 2.05) is 18.2 Å². The van der Waals surface area contributed by atoms with Gasteiger partial charge in [-0.3, -0.25) is 4.79 Å². The summed E-state index contributed by atoms with van der Waals surface area (Å²) in [6, 6.07) is 5.68. The molecule has 0 bridgehead atoms. The molecule has 4 nitrogen and oxygen atoms in total. The van der Waals surface area contributed by atoms with Gasteiger partial charge in [-0.1, -0.05) is 12.1 Å². The highest BCUT2D eigenvalue weighted by atomic mass is 35.5. The van der Waals surface area contributed by atoms with Crippen molar-refractivity contribution in [2.75, 3.05) is 25.6 Å². The smallest absolute Gasteiger partial charge is 0.238 e. The van der Waals surface area contributed by atoms with Gasteiger partial charge in [0.1, 0.15) is 19.1 Å². The van der Waals surface area contributed by atoms with Crippen LogP contribution in [0.15, 0.2) is 30.9 Å². The van der Waals surface area contributed by atoms with Gasteiger partial charge >= 0.3 is 0 Å². The zero-order chi connectivity index (χ0) is 13.7. The maximum atomic E-state index is 11.7. The lowest BCUT2D eigenvalue weighted by atomic mass is 10.1. The number of ether oxygens (including phenoxy) is 2. The van der Waals surface area contributed by atoms with Crippen molar-refractivity contribution in [2.24, 2.45) is 0 Å². The first kappa shape index (κ1) is 13.7. The van der Waals surface area contributed by atoms with Crippen LogP contribution in [-0.4, -0.2) is 36.4 Å². The van der Waals surface area contributed by atoms with Gasteiger partial charge in [0.25, 0.3) is 0 Å². The molecular formula is C14H16ClNO3. The Morgan fingerprint density at radius 1 is 1.37 bits per heavy atom. The Morgan fingerprint density at radius 3 is 2.79 bits per heavy atom. The van der Waals surface area contributed by atoms with Crippen LogP contribution in [0, 0.1) is 0 Å². The van der Waals surface area contributed by atoms with Crippen molar-refractivity contribution in [1.29, 1.82) is 0 Å². The van der Waals surface area contributed by atoms with Crippen LogP contribution >= 0.6 is 11.6 Å². The molecule has 0 fully saturated rings. The molecule has 0 saturated carbocycles. The Kier molecular flexibility index (Phi) is 4.68. The fourth-order valence-electron chi connectivity index (χ4n) is 1.90. The number of halogens is 1. The van der Waals surface area contributed by atoms with E-state index in [1.165, 1.54) is 0 Å². The van der Waals surface area contributed by atoms with E-state index >= 15 is 0 Å². The first-order chi connectivity index (χ1) is 9.24. The Morgan fingerprint density at radius 2 is 2.11 bits per heavy atom. The second kappa shape index (κ2) is 6.48. The van der Waals surface area contributed by atoms with Crippen LogP contribution in [0.4, 0.5) is 0 Å². The van der Waals surface area contributed by atoms with Gasteiger partial charge in [0, 0.05) is 13.1 Å². The third kappa shape index (κ3) is 3.41. The molecule has 1 amide bonds. The van der Waals surface area contributed by atoms with E-state index in [0.29, 0.717) is 26.3 Å². The molecule has 0 aliphatic carbocycles. The van der Waals surface area contributed by atoms with E-state index < -0.39 is 0 Å². The van der Waals surface area contributed by atoms with E-state index in [0.717, 1.165) is 17.1 Å². The maximum Gasteiger partial charge on any atom is 0.238 e. The molecule has 2 rings (SSSR count). The van der Waals surface area contributed by atoms with Crippen molar-refractivity contribution in [3.05, 3.63) is 36.4 Å².